The van der Waals surface area contributed by atoms with Gasteiger partial charge >= 0.3 is 6.09 Å². The Hall–Kier alpha value is -2.24. The third-order valence-electron chi connectivity index (χ3n) is 5.88. The summed E-state index contributed by atoms with van der Waals surface area (Å²) in [5, 5.41) is 15.7. The van der Waals surface area contributed by atoms with Crippen molar-refractivity contribution in [2.24, 2.45) is 0 Å². The van der Waals surface area contributed by atoms with Crippen LogP contribution in [-0.2, 0) is 18.5 Å². The van der Waals surface area contributed by atoms with Crippen molar-refractivity contribution in [2.45, 2.75) is 31.3 Å². The van der Waals surface area contributed by atoms with Crippen LogP contribution in [0.1, 0.15) is 29.5 Å². The van der Waals surface area contributed by atoms with E-state index in [1.807, 2.05) is 18.2 Å². The van der Waals surface area contributed by atoms with Gasteiger partial charge in [-0.25, -0.2) is 4.79 Å². The number of hydrogen-bond donors (Lipinski definition) is 3. The second-order valence-electron chi connectivity index (χ2n) is 7.50. The molecular weight excluding hydrogens is 362 g/mol. The van der Waals surface area contributed by atoms with Gasteiger partial charge in [-0.2, -0.15) is 0 Å². The number of nitrogens with zero attached hydrogens (tertiary/aromatic N) is 1. The number of anilines is 1. The summed E-state index contributed by atoms with van der Waals surface area (Å²) in [5.74, 6) is 0. The highest BCUT2D eigenvalue weighted by atomic mass is 35.5. The SMILES string of the molecule is O=C(O)NCc1c(Cl)ccc2c1C1(CCN(Cc3ccccc3)CC1)CN2. The predicted octanol–water partition coefficient (Wildman–Crippen LogP) is 4.07. The Kier molecular flexibility index (Phi) is 4.98. The van der Waals surface area contributed by atoms with Crippen LogP contribution in [0.5, 0.6) is 0 Å². The molecule has 2 aliphatic rings. The number of halogens is 1. The monoisotopic (exact) mass is 385 g/mol. The molecule has 0 aromatic heterocycles. The quantitative estimate of drug-likeness (QED) is 0.742. The lowest BCUT2D eigenvalue weighted by atomic mass is 9.72. The van der Waals surface area contributed by atoms with E-state index in [1.165, 1.54) is 11.1 Å². The average molecular weight is 386 g/mol. The van der Waals surface area contributed by atoms with Gasteiger partial charge in [0, 0.05) is 35.8 Å². The van der Waals surface area contributed by atoms with Gasteiger partial charge in [-0.3, -0.25) is 4.90 Å². The van der Waals surface area contributed by atoms with Gasteiger partial charge < -0.3 is 15.7 Å². The lowest BCUT2D eigenvalue weighted by Crippen LogP contribution is -2.44. The third kappa shape index (κ3) is 3.62. The molecule has 2 aromatic carbocycles. The summed E-state index contributed by atoms with van der Waals surface area (Å²) < 4.78 is 0. The number of rotatable bonds is 4. The zero-order chi connectivity index (χ0) is 18.9. The molecule has 0 aliphatic carbocycles. The zero-order valence-electron chi connectivity index (χ0n) is 15.2. The topological polar surface area (TPSA) is 64.6 Å². The highest BCUT2D eigenvalue weighted by Gasteiger charge is 2.43. The second-order valence-corrected chi connectivity index (χ2v) is 7.91. The van der Waals surface area contributed by atoms with Crippen LogP contribution in [0, 0.1) is 0 Å². The minimum atomic E-state index is -1.03. The van der Waals surface area contributed by atoms with E-state index in [0.717, 1.165) is 50.3 Å². The molecule has 0 radical (unpaired) electrons. The molecule has 1 spiro atoms. The largest absolute Gasteiger partial charge is 0.465 e. The normalized spacial score (nSPS) is 18.1. The van der Waals surface area contributed by atoms with Crippen LogP contribution in [0.2, 0.25) is 5.02 Å². The number of likely N-dealkylation sites (tertiary alicyclic amines) is 1. The lowest BCUT2D eigenvalue weighted by molar-refractivity contribution is 0.161. The molecule has 0 saturated carbocycles. The van der Waals surface area contributed by atoms with Crippen molar-refractivity contribution in [2.75, 3.05) is 25.0 Å². The molecule has 6 heteroatoms. The maximum Gasteiger partial charge on any atom is 0.404 e. The first-order chi connectivity index (χ1) is 13.1. The summed E-state index contributed by atoms with van der Waals surface area (Å²) in [4.78, 5) is 13.5. The molecule has 0 unspecified atom stereocenters. The molecule has 27 heavy (non-hydrogen) atoms. The Labute approximate surface area is 164 Å². The van der Waals surface area contributed by atoms with E-state index in [0.29, 0.717) is 5.02 Å². The van der Waals surface area contributed by atoms with Gasteiger partial charge in [-0.15, -0.1) is 0 Å². The van der Waals surface area contributed by atoms with Gasteiger partial charge in [0.15, 0.2) is 0 Å². The van der Waals surface area contributed by atoms with Gasteiger partial charge in [-0.05, 0) is 54.8 Å². The maximum atomic E-state index is 11.0. The number of carboxylic acid groups (broad SMARTS) is 1. The number of nitrogens with one attached hydrogen (secondary N) is 2. The highest BCUT2D eigenvalue weighted by molar-refractivity contribution is 6.31. The fraction of sp³-hybridized carbons (Fsp3) is 0.381. The molecule has 1 amide bonds. The number of carbonyl (C=O) groups is 1. The Bertz CT molecular complexity index is 833. The number of piperidine rings is 1. The molecule has 5 nitrogen and oxygen atoms in total. The number of hydrogen-bond acceptors (Lipinski definition) is 3. The van der Waals surface area contributed by atoms with Gasteiger partial charge in [0.25, 0.3) is 0 Å². The van der Waals surface area contributed by atoms with Crippen LogP contribution >= 0.6 is 11.6 Å². The van der Waals surface area contributed by atoms with Gasteiger partial charge in [0.1, 0.15) is 0 Å². The number of amides is 1. The predicted molar refractivity (Wildman–Crippen MR) is 107 cm³/mol. The molecular formula is C21H24ClN3O2. The Balaban J connectivity index is 1.54. The third-order valence-corrected chi connectivity index (χ3v) is 6.24. The minimum Gasteiger partial charge on any atom is -0.465 e. The molecule has 0 atom stereocenters. The van der Waals surface area contributed by atoms with Crippen LogP contribution in [-0.4, -0.2) is 35.7 Å². The Morgan fingerprint density at radius 2 is 1.93 bits per heavy atom. The summed E-state index contributed by atoms with van der Waals surface area (Å²) in [7, 11) is 0. The van der Waals surface area contributed by atoms with E-state index in [1.54, 1.807) is 0 Å². The summed E-state index contributed by atoms with van der Waals surface area (Å²) in [6.45, 7) is 4.15. The molecule has 0 bridgehead atoms. The van der Waals surface area contributed by atoms with Gasteiger partial charge in [0.2, 0.25) is 0 Å². The summed E-state index contributed by atoms with van der Waals surface area (Å²) in [5.41, 5.74) is 4.59. The first-order valence-corrected chi connectivity index (χ1v) is 9.74. The molecule has 3 N–H and O–H groups in total. The molecule has 2 aliphatic heterocycles. The molecule has 142 valence electrons. The molecule has 1 fully saturated rings. The Morgan fingerprint density at radius 3 is 2.63 bits per heavy atom. The van der Waals surface area contributed by atoms with Crippen LogP contribution in [0.25, 0.3) is 0 Å². The van der Waals surface area contributed by atoms with E-state index >= 15 is 0 Å². The van der Waals surface area contributed by atoms with Crippen LogP contribution in [0.15, 0.2) is 42.5 Å². The van der Waals surface area contributed by atoms with Gasteiger partial charge in [-0.1, -0.05) is 41.9 Å². The first-order valence-electron chi connectivity index (χ1n) is 9.36. The number of fused-ring (bicyclic) bond motifs is 2. The fourth-order valence-corrected chi connectivity index (χ4v) is 4.70. The van der Waals surface area contributed by atoms with Crippen molar-refractivity contribution in [3.8, 4) is 0 Å². The maximum absolute atomic E-state index is 11.0. The summed E-state index contributed by atoms with van der Waals surface area (Å²) in [6, 6.07) is 14.4. The fourth-order valence-electron chi connectivity index (χ4n) is 4.47. The molecule has 2 aromatic rings. The van der Waals surface area contributed by atoms with Crippen molar-refractivity contribution in [3.05, 3.63) is 64.2 Å². The molecule has 1 saturated heterocycles. The van der Waals surface area contributed by atoms with Crippen molar-refractivity contribution < 1.29 is 9.90 Å². The smallest absolute Gasteiger partial charge is 0.404 e. The Morgan fingerprint density at radius 1 is 1.19 bits per heavy atom. The van der Waals surface area contributed by atoms with E-state index < -0.39 is 6.09 Å². The van der Waals surface area contributed by atoms with Crippen molar-refractivity contribution in [3.63, 3.8) is 0 Å². The summed E-state index contributed by atoms with van der Waals surface area (Å²) >= 11 is 6.46. The van der Waals surface area contributed by atoms with E-state index in [-0.39, 0.29) is 12.0 Å². The second kappa shape index (κ2) is 7.41. The highest BCUT2D eigenvalue weighted by Crippen LogP contribution is 2.47. The van der Waals surface area contributed by atoms with E-state index in [4.69, 9.17) is 16.7 Å². The van der Waals surface area contributed by atoms with Crippen LogP contribution < -0.4 is 10.6 Å². The summed E-state index contributed by atoms with van der Waals surface area (Å²) in [6.07, 6.45) is 1.06. The first kappa shape index (κ1) is 18.1. The van der Waals surface area contributed by atoms with E-state index in [9.17, 15) is 4.79 Å². The van der Waals surface area contributed by atoms with Crippen LogP contribution in [0.4, 0.5) is 10.5 Å². The standard InChI is InChI=1S/C21H24ClN3O2/c22-17-6-7-18-19(16(17)12-23-20(26)27)21(14-24-18)8-10-25(11-9-21)13-15-4-2-1-3-5-15/h1-7,23-24H,8-14H2,(H,26,27). The molecule has 2 heterocycles. The van der Waals surface area contributed by atoms with Crippen molar-refractivity contribution >= 4 is 23.4 Å². The molecule has 4 rings (SSSR count). The van der Waals surface area contributed by atoms with Crippen molar-refractivity contribution in [1.29, 1.82) is 0 Å². The van der Waals surface area contributed by atoms with E-state index in [2.05, 4.69) is 39.8 Å². The van der Waals surface area contributed by atoms with Crippen LogP contribution in [0.3, 0.4) is 0 Å². The lowest BCUT2D eigenvalue weighted by Gasteiger charge is -2.40. The zero-order valence-corrected chi connectivity index (χ0v) is 15.9. The van der Waals surface area contributed by atoms with Crippen molar-refractivity contribution in [1.82, 2.24) is 10.2 Å². The number of benzene rings is 2. The minimum absolute atomic E-state index is 0.0307. The average Bonchev–Trinajstić information content (AvgIpc) is 3.02. The van der Waals surface area contributed by atoms with Gasteiger partial charge in [0.05, 0.1) is 0 Å².